The second-order valence-electron chi connectivity index (χ2n) is 6.97. The van der Waals surface area contributed by atoms with Crippen LogP contribution < -0.4 is 14.8 Å². The van der Waals surface area contributed by atoms with E-state index >= 15 is 0 Å². The van der Waals surface area contributed by atoms with Crippen LogP contribution in [0.4, 0.5) is 0 Å². The Bertz CT molecular complexity index is 623. The summed E-state index contributed by atoms with van der Waals surface area (Å²) in [6, 6.07) is 5.13. The standard InChI is InChI=1S/C20H29NO5/c1-12-8-6-9-15(13(12)2)21-19(22)14(3)26-20(23)18-16(24-4)10-7-11-17(18)25-5/h7,10-15H,6,8-9H2,1-5H3,(H,21,22)/t12-,13-,14-,15+/m1/s1. The molecule has 0 aliphatic heterocycles. The van der Waals surface area contributed by atoms with Crippen molar-refractivity contribution in [2.75, 3.05) is 14.2 Å². The average molecular weight is 363 g/mol. The number of nitrogens with one attached hydrogen (secondary N) is 1. The lowest BCUT2D eigenvalue weighted by atomic mass is 9.78. The minimum absolute atomic E-state index is 0.119. The molecule has 1 aromatic rings. The molecule has 1 N–H and O–H groups in total. The molecule has 6 nitrogen and oxygen atoms in total. The van der Waals surface area contributed by atoms with E-state index in [1.54, 1.807) is 25.1 Å². The highest BCUT2D eigenvalue weighted by Crippen LogP contribution is 2.30. The number of methoxy groups -OCH3 is 2. The second kappa shape index (κ2) is 8.92. The Morgan fingerprint density at radius 3 is 2.31 bits per heavy atom. The van der Waals surface area contributed by atoms with Crippen LogP contribution >= 0.6 is 0 Å². The maximum atomic E-state index is 12.6. The van der Waals surface area contributed by atoms with E-state index < -0.39 is 12.1 Å². The largest absolute Gasteiger partial charge is 0.496 e. The van der Waals surface area contributed by atoms with Crippen LogP contribution in [0.1, 0.15) is 50.4 Å². The van der Waals surface area contributed by atoms with Crippen molar-refractivity contribution >= 4 is 11.9 Å². The van der Waals surface area contributed by atoms with Gasteiger partial charge in [0, 0.05) is 6.04 Å². The molecule has 2 rings (SSSR count). The number of carbonyl (C=O) groups is 2. The van der Waals surface area contributed by atoms with Gasteiger partial charge in [-0.25, -0.2) is 4.79 Å². The quantitative estimate of drug-likeness (QED) is 0.786. The molecule has 1 aliphatic carbocycles. The van der Waals surface area contributed by atoms with Gasteiger partial charge in [-0.05, 0) is 37.3 Å². The fourth-order valence-electron chi connectivity index (χ4n) is 3.41. The number of ether oxygens (including phenoxy) is 3. The highest BCUT2D eigenvalue weighted by molar-refractivity contribution is 5.97. The van der Waals surface area contributed by atoms with Crippen LogP contribution in [0, 0.1) is 11.8 Å². The molecule has 26 heavy (non-hydrogen) atoms. The summed E-state index contributed by atoms with van der Waals surface area (Å²) in [6.07, 6.45) is 2.34. The van der Waals surface area contributed by atoms with Crippen molar-refractivity contribution in [1.29, 1.82) is 0 Å². The lowest BCUT2D eigenvalue weighted by Crippen LogP contribution is -2.47. The number of rotatable bonds is 6. The highest BCUT2D eigenvalue weighted by atomic mass is 16.6. The fourth-order valence-corrected chi connectivity index (χ4v) is 3.41. The summed E-state index contributed by atoms with van der Waals surface area (Å²) >= 11 is 0. The predicted molar refractivity (Wildman–Crippen MR) is 98.5 cm³/mol. The van der Waals surface area contributed by atoms with E-state index in [2.05, 4.69) is 19.2 Å². The van der Waals surface area contributed by atoms with Gasteiger partial charge < -0.3 is 19.5 Å². The van der Waals surface area contributed by atoms with Crippen LogP contribution in [-0.2, 0) is 9.53 Å². The van der Waals surface area contributed by atoms with Crippen molar-refractivity contribution in [1.82, 2.24) is 5.32 Å². The molecule has 0 spiro atoms. The first kappa shape index (κ1) is 20.1. The zero-order valence-corrected chi connectivity index (χ0v) is 16.2. The lowest BCUT2D eigenvalue weighted by Gasteiger charge is -2.35. The Morgan fingerprint density at radius 1 is 1.12 bits per heavy atom. The highest BCUT2D eigenvalue weighted by Gasteiger charge is 2.31. The predicted octanol–water partition coefficient (Wildman–Crippen LogP) is 3.19. The lowest BCUT2D eigenvalue weighted by molar-refractivity contribution is -0.130. The summed E-state index contributed by atoms with van der Waals surface area (Å²) in [6.45, 7) is 5.94. The van der Waals surface area contributed by atoms with Crippen molar-refractivity contribution < 1.29 is 23.8 Å². The summed E-state index contributed by atoms with van der Waals surface area (Å²) in [5.74, 6) is 0.744. The van der Waals surface area contributed by atoms with E-state index in [-0.39, 0.29) is 17.5 Å². The third kappa shape index (κ3) is 4.48. The van der Waals surface area contributed by atoms with Crippen molar-refractivity contribution in [3.05, 3.63) is 23.8 Å². The Hall–Kier alpha value is -2.24. The average Bonchev–Trinajstić information content (AvgIpc) is 2.64. The van der Waals surface area contributed by atoms with Gasteiger partial charge in [-0.15, -0.1) is 0 Å². The summed E-state index contributed by atoms with van der Waals surface area (Å²) in [5.41, 5.74) is 0.178. The molecule has 0 aromatic heterocycles. The number of amides is 1. The van der Waals surface area contributed by atoms with Crippen molar-refractivity contribution in [2.45, 2.75) is 52.2 Å². The maximum Gasteiger partial charge on any atom is 0.346 e. The molecule has 0 bridgehead atoms. The maximum absolute atomic E-state index is 12.6. The Balaban J connectivity index is 2.04. The second-order valence-corrected chi connectivity index (χ2v) is 6.97. The van der Waals surface area contributed by atoms with Crippen LogP contribution in [-0.4, -0.2) is 38.2 Å². The minimum Gasteiger partial charge on any atom is -0.496 e. The summed E-state index contributed by atoms with van der Waals surface area (Å²) in [4.78, 5) is 25.1. The zero-order chi connectivity index (χ0) is 19.3. The van der Waals surface area contributed by atoms with Crippen LogP contribution in [0.2, 0.25) is 0 Å². The number of esters is 1. The van der Waals surface area contributed by atoms with Crippen LogP contribution in [0.15, 0.2) is 18.2 Å². The molecule has 1 aliphatic rings. The fraction of sp³-hybridized carbons (Fsp3) is 0.600. The topological polar surface area (TPSA) is 73.9 Å². The molecule has 1 aromatic carbocycles. The Morgan fingerprint density at radius 2 is 1.73 bits per heavy atom. The van der Waals surface area contributed by atoms with Crippen LogP contribution in [0.3, 0.4) is 0 Å². The first-order chi connectivity index (χ1) is 12.4. The first-order valence-corrected chi connectivity index (χ1v) is 9.11. The molecule has 0 unspecified atom stereocenters. The molecular weight excluding hydrogens is 334 g/mol. The number of hydrogen-bond donors (Lipinski definition) is 1. The van der Waals surface area contributed by atoms with Gasteiger partial charge in [-0.2, -0.15) is 0 Å². The Labute approximate surface area is 155 Å². The van der Waals surface area contributed by atoms with Gasteiger partial charge in [0.05, 0.1) is 14.2 Å². The molecular formula is C20H29NO5. The molecule has 0 heterocycles. The third-order valence-corrected chi connectivity index (χ3v) is 5.32. The molecule has 144 valence electrons. The first-order valence-electron chi connectivity index (χ1n) is 9.11. The van der Waals surface area contributed by atoms with Gasteiger partial charge in [0.25, 0.3) is 5.91 Å². The monoisotopic (exact) mass is 363 g/mol. The van der Waals surface area contributed by atoms with Gasteiger partial charge in [0.2, 0.25) is 0 Å². The molecule has 1 saturated carbocycles. The molecule has 4 atom stereocenters. The van der Waals surface area contributed by atoms with Crippen LogP contribution in [0.25, 0.3) is 0 Å². The smallest absolute Gasteiger partial charge is 0.346 e. The normalized spacial score (nSPS) is 23.7. The summed E-state index contributed by atoms with van der Waals surface area (Å²) in [7, 11) is 2.93. The van der Waals surface area contributed by atoms with Crippen molar-refractivity contribution in [3.8, 4) is 11.5 Å². The zero-order valence-electron chi connectivity index (χ0n) is 16.2. The molecule has 0 radical (unpaired) electrons. The molecule has 1 fully saturated rings. The van der Waals surface area contributed by atoms with Gasteiger partial charge >= 0.3 is 5.97 Å². The van der Waals surface area contributed by atoms with E-state index in [1.807, 2.05) is 0 Å². The van der Waals surface area contributed by atoms with Crippen LogP contribution in [0.5, 0.6) is 11.5 Å². The summed E-state index contributed by atoms with van der Waals surface area (Å²) < 4.78 is 15.8. The molecule has 1 amide bonds. The number of hydrogen-bond acceptors (Lipinski definition) is 5. The van der Waals surface area contributed by atoms with E-state index in [4.69, 9.17) is 14.2 Å². The van der Waals surface area contributed by atoms with Gasteiger partial charge in [-0.1, -0.05) is 32.8 Å². The van der Waals surface area contributed by atoms with E-state index in [0.29, 0.717) is 23.3 Å². The number of carbonyl (C=O) groups excluding carboxylic acids is 2. The molecule has 0 saturated heterocycles. The SMILES string of the molecule is COc1cccc(OC)c1C(=O)O[C@H](C)C(=O)N[C@H]1CCC[C@@H](C)[C@H]1C. The van der Waals surface area contributed by atoms with Crippen molar-refractivity contribution in [2.24, 2.45) is 11.8 Å². The minimum atomic E-state index is -0.901. The van der Waals surface area contributed by atoms with Gasteiger partial charge in [0.1, 0.15) is 17.1 Å². The number of benzene rings is 1. The van der Waals surface area contributed by atoms with E-state index in [1.165, 1.54) is 20.6 Å². The van der Waals surface area contributed by atoms with Crippen molar-refractivity contribution in [3.63, 3.8) is 0 Å². The Kier molecular flexibility index (Phi) is 6.89. The van der Waals surface area contributed by atoms with Gasteiger partial charge in [0.15, 0.2) is 6.10 Å². The van der Waals surface area contributed by atoms with E-state index in [0.717, 1.165) is 12.8 Å². The van der Waals surface area contributed by atoms with E-state index in [9.17, 15) is 9.59 Å². The molecule has 6 heteroatoms. The van der Waals surface area contributed by atoms with Gasteiger partial charge in [-0.3, -0.25) is 4.79 Å². The third-order valence-electron chi connectivity index (χ3n) is 5.32. The summed E-state index contributed by atoms with van der Waals surface area (Å²) in [5, 5.41) is 3.03.